The molecule has 8 nitrogen and oxygen atoms in total. The van der Waals surface area contributed by atoms with Crippen LogP contribution in [0.15, 0.2) is 18.2 Å². The van der Waals surface area contributed by atoms with Gasteiger partial charge in [-0.05, 0) is 64.7 Å². The molecule has 2 N–H and O–H groups in total. The van der Waals surface area contributed by atoms with Crippen LogP contribution >= 0.6 is 0 Å². The maximum Gasteiger partial charge on any atom is 0.257 e. The molecule has 0 radical (unpaired) electrons. The fourth-order valence-corrected chi connectivity index (χ4v) is 4.50. The molecular weight excluding hydrogens is 392 g/mol. The zero-order valence-electron chi connectivity index (χ0n) is 18.7. The number of amides is 2. The van der Waals surface area contributed by atoms with Crippen LogP contribution in [0.25, 0.3) is 11.0 Å². The molecular formula is C23H30N6O2. The van der Waals surface area contributed by atoms with Crippen molar-refractivity contribution in [1.29, 1.82) is 0 Å². The first-order chi connectivity index (χ1) is 14.9. The summed E-state index contributed by atoms with van der Waals surface area (Å²) in [6.45, 7) is 9.88. The van der Waals surface area contributed by atoms with Gasteiger partial charge >= 0.3 is 0 Å². The molecule has 2 aromatic heterocycles. The van der Waals surface area contributed by atoms with Gasteiger partial charge in [-0.1, -0.05) is 0 Å². The van der Waals surface area contributed by atoms with Crippen molar-refractivity contribution in [2.75, 3.05) is 18.4 Å². The minimum Gasteiger partial charge on any atom is -0.342 e. The molecule has 0 aliphatic carbocycles. The minimum absolute atomic E-state index is 0.0104. The Kier molecular flexibility index (Phi) is 5.80. The highest BCUT2D eigenvalue weighted by Gasteiger charge is 2.28. The van der Waals surface area contributed by atoms with E-state index in [0.29, 0.717) is 19.5 Å². The highest BCUT2D eigenvalue weighted by molar-refractivity contribution is 5.96. The number of anilines is 1. The predicted molar refractivity (Wildman–Crippen MR) is 120 cm³/mol. The molecule has 3 aromatic rings. The lowest BCUT2D eigenvalue weighted by atomic mass is 9.92. The Balaban J connectivity index is 1.31. The molecule has 3 heterocycles. The number of aromatic amines is 1. The zero-order chi connectivity index (χ0) is 22.1. The largest absolute Gasteiger partial charge is 0.342 e. The summed E-state index contributed by atoms with van der Waals surface area (Å²) in [4.78, 5) is 35.1. The van der Waals surface area contributed by atoms with Crippen molar-refractivity contribution in [2.45, 2.75) is 53.5 Å². The number of hydrogen-bond acceptors (Lipinski definition) is 4. The summed E-state index contributed by atoms with van der Waals surface area (Å²) in [5, 5.41) is 7.47. The lowest BCUT2D eigenvalue weighted by molar-refractivity contribution is -0.117. The number of carbonyl (C=O) groups is 2. The number of nitrogens with zero attached hydrogens (tertiary/aromatic N) is 4. The van der Waals surface area contributed by atoms with Gasteiger partial charge in [-0.25, -0.2) is 4.98 Å². The summed E-state index contributed by atoms with van der Waals surface area (Å²) >= 11 is 0. The Morgan fingerprint density at radius 2 is 1.94 bits per heavy atom. The normalized spacial score (nSPS) is 14.9. The number of benzene rings is 1. The Bertz CT molecular complexity index is 1120. The Hall–Kier alpha value is -3.16. The number of carbonyl (C=O) groups excluding carboxylic acids is 2. The Morgan fingerprint density at radius 1 is 1.19 bits per heavy atom. The van der Waals surface area contributed by atoms with Crippen molar-refractivity contribution in [3.8, 4) is 0 Å². The third-order valence-electron chi connectivity index (χ3n) is 6.15. The number of rotatable bonds is 5. The van der Waals surface area contributed by atoms with E-state index in [4.69, 9.17) is 0 Å². The van der Waals surface area contributed by atoms with Crippen molar-refractivity contribution in [3.63, 3.8) is 0 Å². The number of aryl methyl sites for hydroxylation is 3. The molecule has 0 atom stereocenters. The number of hydrogen-bond donors (Lipinski definition) is 2. The molecule has 4 rings (SSSR count). The number of nitrogens with one attached hydrogen (secondary N) is 2. The number of likely N-dealkylation sites (tertiary alicyclic amines) is 1. The van der Waals surface area contributed by atoms with Crippen LogP contribution in [0.4, 0.5) is 5.69 Å². The van der Waals surface area contributed by atoms with E-state index in [1.165, 1.54) is 0 Å². The van der Waals surface area contributed by atoms with Crippen molar-refractivity contribution in [1.82, 2.24) is 24.6 Å². The van der Waals surface area contributed by atoms with Gasteiger partial charge in [-0.2, -0.15) is 5.10 Å². The van der Waals surface area contributed by atoms with Gasteiger partial charge in [0, 0.05) is 37.4 Å². The third kappa shape index (κ3) is 4.33. The average Bonchev–Trinajstić information content (AvgIpc) is 3.25. The van der Waals surface area contributed by atoms with Gasteiger partial charge in [0.1, 0.15) is 5.82 Å². The van der Waals surface area contributed by atoms with Crippen LogP contribution in [0.1, 0.15) is 53.8 Å². The van der Waals surface area contributed by atoms with E-state index in [1.807, 2.05) is 55.5 Å². The topological polar surface area (TPSA) is 95.9 Å². The molecule has 0 bridgehead atoms. The highest BCUT2D eigenvalue weighted by atomic mass is 16.2. The Morgan fingerprint density at radius 3 is 2.61 bits per heavy atom. The number of fused-ring (bicyclic) bond motifs is 1. The van der Waals surface area contributed by atoms with Crippen LogP contribution in [-0.4, -0.2) is 49.6 Å². The van der Waals surface area contributed by atoms with Gasteiger partial charge < -0.3 is 15.2 Å². The fourth-order valence-electron chi connectivity index (χ4n) is 4.50. The van der Waals surface area contributed by atoms with E-state index >= 15 is 0 Å². The molecule has 8 heteroatoms. The predicted octanol–water partition coefficient (Wildman–Crippen LogP) is 3.59. The molecule has 0 spiro atoms. The van der Waals surface area contributed by atoms with E-state index in [1.54, 1.807) is 0 Å². The molecule has 1 aliphatic heterocycles. The maximum atomic E-state index is 13.0. The van der Waals surface area contributed by atoms with Gasteiger partial charge in [0.05, 0.1) is 22.3 Å². The van der Waals surface area contributed by atoms with E-state index in [0.717, 1.165) is 58.9 Å². The monoisotopic (exact) mass is 422 g/mol. The summed E-state index contributed by atoms with van der Waals surface area (Å²) in [6.07, 6.45) is 2.13. The minimum atomic E-state index is 0.0104. The SMILES string of the molecule is CCn1nc(C)c(C(=O)N2CCC(CC(=O)Nc3ccc4nc(C)[nH]c4c3)CC2)c1C. The summed E-state index contributed by atoms with van der Waals surface area (Å²) in [5.74, 6) is 1.20. The number of H-pyrrole nitrogens is 1. The van der Waals surface area contributed by atoms with Gasteiger partial charge in [0.15, 0.2) is 0 Å². The van der Waals surface area contributed by atoms with Crippen LogP contribution in [0, 0.1) is 26.7 Å². The number of aromatic nitrogens is 4. The molecule has 1 aliphatic rings. The number of piperidine rings is 1. The molecule has 1 saturated heterocycles. The lowest BCUT2D eigenvalue weighted by Gasteiger charge is -2.32. The maximum absolute atomic E-state index is 13.0. The first-order valence-electron chi connectivity index (χ1n) is 10.9. The Labute approximate surface area is 182 Å². The molecule has 31 heavy (non-hydrogen) atoms. The van der Waals surface area contributed by atoms with Gasteiger partial charge in [0.25, 0.3) is 5.91 Å². The standard InChI is InChI=1S/C23H30N6O2/c1-5-29-15(3)22(14(2)27-29)23(31)28-10-8-17(9-11-28)12-21(30)26-18-6-7-19-20(13-18)25-16(4)24-19/h6-7,13,17H,5,8-12H2,1-4H3,(H,24,25)(H,26,30). The van der Waals surface area contributed by atoms with E-state index in [2.05, 4.69) is 20.4 Å². The third-order valence-corrected chi connectivity index (χ3v) is 6.15. The van der Waals surface area contributed by atoms with Gasteiger partial charge in [-0.3, -0.25) is 14.3 Å². The summed E-state index contributed by atoms with van der Waals surface area (Å²) < 4.78 is 1.88. The molecule has 0 saturated carbocycles. The number of imidazole rings is 1. The van der Waals surface area contributed by atoms with E-state index in [-0.39, 0.29) is 17.7 Å². The van der Waals surface area contributed by atoms with E-state index in [9.17, 15) is 9.59 Å². The fraction of sp³-hybridized carbons (Fsp3) is 0.478. The van der Waals surface area contributed by atoms with Gasteiger partial charge in [-0.15, -0.1) is 0 Å². The molecule has 0 unspecified atom stereocenters. The van der Waals surface area contributed by atoms with Crippen LogP contribution in [0.3, 0.4) is 0 Å². The second-order valence-corrected chi connectivity index (χ2v) is 8.40. The molecule has 2 amide bonds. The second-order valence-electron chi connectivity index (χ2n) is 8.40. The highest BCUT2D eigenvalue weighted by Crippen LogP contribution is 2.25. The molecule has 1 aromatic carbocycles. The summed E-state index contributed by atoms with van der Waals surface area (Å²) in [6, 6.07) is 5.70. The smallest absolute Gasteiger partial charge is 0.257 e. The first-order valence-corrected chi connectivity index (χ1v) is 10.9. The van der Waals surface area contributed by atoms with E-state index < -0.39 is 0 Å². The van der Waals surface area contributed by atoms with Crippen LogP contribution in [0.5, 0.6) is 0 Å². The van der Waals surface area contributed by atoms with Crippen molar-refractivity contribution >= 4 is 28.5 Å². The summed E-state index contributed by atoms with van der Waals surface area (Å²) in [7, 11) is 0. The first kappa shape index (κ1) is 21.1. The zero-order valence-corrected chi connectivity index (χ0v) is 18.7. The lowest BCUT2D eigenvalue weighted by Crippen LogP contribution is -2.39. The van der Waals surface area contributed by atoms with Crippen molar-refractivity contribution < 1.29 is 9.59 Å². The van der Waals surface area contributed by atoms with Crippen molar-refractivity contribution in [3.05, 3.63) is 41.0 Å². The quantitative estimate of drug-likeness (QED) is 0.657. The second kappa shape index (κ2) is 8.53. The summed E-state index contributed by atoms with van der Waals surface area (Å²) in [5.41, 5.74) is 5.02. The van der Waals surface area contributed by atoms with Crippen LogP contribution in [-0.2, 0) is 11.3 Å². The van der Waals surface area contributed by atoms with Crippen LogP contribution < -0.4 is 5.32 Å². The van der Waals surface area contributed by atoms with Crippen molar-refractivity contribution in [2.24, 2.45) is 5.92 Å². The van der Waals surface area contributed by atoms with Crippen LogP contribution in [0.2, 0.25) is 0 Å². The molecule has 1 fully saturated rings. The van der Waals surface area contributed by atoms with Gasteiger partial charge in [0.2, 0.25) is 5.91 Å². The molecule has 164 valence electrons. The average molecular weight is 423 g/mol.